The first-order chi connectivity index (χ1) is 7.92. The van der Waals surface area contributed by atoms with E-state index in [1.165, 1.54) is 10.6 Å². The van der Waals surface area contributed by atoms with Crippen LogP contribution in [0.3, 0.4) is 0 Å². The number of benzene rings is 1. The molecule has 0 spiro atoms. The van der Waals surface area contributed by atoms with Crippen LogP contribution in [0.5, 0.6) is 0 Å². The molecule has 0 fully saturated rings. The fourth-order valence-corrected chi connectivity index (χ4v) is 2.82. The first kappa shape index (κ1) is 9.81. The molecule has 0 atom stereocenters. The molecule has 3 nitrogen and oxygen atoms in total. The van der Waals surface area contributed by atoms with Gasteiger partial charge in [0, 0.05) is 30.1 Å². The summed E-state index contributed by atoms with van der Waals surface area (Å²) in [5.74, 6) is 0. The summed E-state index contributed by atoms with van der Waals surface area (Å²) in [6, 6.07) is 10.2. The highest BCUT2D eigenvalue weighted by molar-refractivity contribution is 7.15. The van der Waals surface area contributed by atoms with Gasteiger partial charge >= 0.3 is 0 Å². The van der Waals surface area contributed by atoms with Crippen molar-refractivity contribution in [3.63, 3.8) is 0 Å². The van der Waals surface area contributed by atoms with Crippen molar-refractivity contribution in [3.8, 4) is 0 Å². The SMILES string of the molecule is c1ccc(Nc2nc3c(s2)CNCC3)cc1. The van der Waals surface area contributed by atoms with Crippen LogP contribution in [0.25, 0.3) is 0 Å². The third-order valence-corrected chi connectivity index (χ3v) is 3.64. The first-order valence-electron chi connectivity index (χ1n) is 5.43. The molecule has 2 aromatic rings. The lowest BCUT2D eigenvalue weighted by Gasteiger charge is -2.09. The molecule has 1 aliphatic rings. The van der Waals surface area contributed by atoms with Crippen LogP contribution < -0.4 is 10.6 Å². The summed E-state index contributed by atoms with van der Waals surface area (Å²) in [6.45, 7) is 2.00. The Hall–Kier alpha value is -1.39. The van der Waals surface area contributed by atoms with Gasteiger partial charge in [-0.15, -0.1) is 11.3 Å². The fraction of sp³-hybridized carbons (Fsp3) is 0.250. The predicted octanol–water partition coefficient (Wildman–Crippen LogP) is 2.53. The van der Waals surface area contributed by atoms with Crippen LogP contribution in [-0.4, -0.2) is 11.5 Å². The Morgan fingerprint density at radius 2 is 2.12 bits per heavy atom. The molecule has 16 heavy (non-hydrogen) atoms. The molecular formula is C12H13N3S. The van der Waals surface area contributed by atoms with Crippen LogP contribution >= 0.6 is 11.3 Å². The van der Waals surface area contributed by atoms with Gasteiger partial charge in [0.05, 0.1) is 5.69 Å². The maximum atomic E-state index is 4.61. The number of hydrogen-bond donors (Lipinski definition) is 2. The van der Waals surface area contributed by atoms with E-state index in [2.05, 4.69) is 27.8 Å². The second-order valence-electron chi connectivity index (χ2n) is 3.81. The second-order valence-corrected chi connectivity index (χ2v) is 4.89. The lowest BCUT2D eigenvalue weighted by Crippen LogP contribution is -2.22. The maximum Gasteiger partial charge on any atom is 0.187 e. The fourth-order valence-electron chi connectivity index (χ4n) is 1.82. The van der Waals surface area contributed by atoms with E-state index in [4.69, 9.17) is 0 Å². The number of fused-ring (bicyclic) bond motifs is 1. The largest absolute Gasteiger partial charge is 0.332 e. The van der Waals surface area contributed by atoms with Gasteiger partial charge in [0.15, 0.2) is 5.13 Å². The highest BCUT2D eigenvalue weighted by atomic mass is 32.1. The summed E-state index contributed by atoms with van der Waals surface area (Å²) in [4.78, 5) is 5.98. The quantitative estimate of drug-likeness (QED) is 0.834. The van der Waals surface area contributed by atoms with E-state index in [0.29, 0.717) is 0 Å². The van der Waals surface area contributed by atoms with Gasteiger partial charge in [0.1, 0.15) is 0 Å². The van der Waals surface area contributed by atoms with Gasteiger partial charge in [0.25, 0.3) is 0 Å². The Bertz CT molecular complexity index is 455. The number of nitrogens with one attached hydrogen (secondary N) is 2. The number of anilines is 2. The molecule has 2 N–H and O–H groups in total. The molecule has 0 saturated heterocycles. The van der Waals surface area contributed by atoms with Crippen LogP contribution in [-0.2, 0) is 13.0 Å². The number of hydrogen-bond acceptors (Lipinski definition) is 4. The van der Waals surface area contributed by atoms with Crippen molar-refractivity contribution >= 4 is 22.2 Å². The normalized spacial score (nSPS) is 14.5. The van der Waals surface area contributed by atoms with Gasteiger partial charge in [-0.3, -0.25) is 0 Å². The van der Waals surface area contributed by atoms with E-state index in [-0.39, 0.29) is 0 Å². The standard InChI is InChI=1S/C12H13N3S/c1-2-4-9(5-3-1)14-12-15-10-6-7-13-8-11(10)16-12/h1-5,13H,6-8H2,(H,14,15). The van der Waals surface area contributed by atoms with Crippen molar-refractivity contribution in [2.75, 3.05) is 11.9 Å². The summed E-state index contributed by atoms with van der Waals surface area (Å²) in [5.41, 5.74) is 2.35. The van der Waals surface area contributed by atoms with Crippen molar-refractivity contribution in [2.45, 2.75) is 13.0 Å². The average Bonchev–Trinajstić information content (AvgIpc) is 2.72. The van der Waals surface area contributed by atoms with Crippen molar-refractivity contribution < 1.29 is 0 Å². The molecule has 2 heterocycles. The third-order valence-electron chi connectivity index (χ3n) is 2.63. The van der Waals surface area contributed by atoms with Gasteiger partial charge < -0.3 is 10.6 Å². The van der Waals surface area contributed by atoms with Crippen LogP contribution in [0.4, 0.5) is 10.8 Å². The van der Waals surface area contributed by atoms with Crippen LogP contribution in [0.15, 0.2) is 30.3 Å². The molecule has 0 radical (unpaired) electrons. The van der Waals surface area contributed by atoms with Crippen molar-refractivity contribution in [3.05, 3.63) is 40.9 Å². The number of para-hydroxylation sites is 1. The van der Waals surface area contributed by atoms with Crippen molar-refractivity contribution in [1.82, 2.24) is 10.3 Å². The third kappa shape index (κ3) is 1.94. The molecule has 0 bridgehead atoms. The molecule has 0 saturated carbocycles. The molecular weight excluding hydrogens is 218 g/mol. The monoisotopic (exact) mass is 231 g/mol. The minimum absolute atomic E-state index is 0.962. The Morgan fingerprint density at radius 1 is 1.25 bits per heavy atom. The number of rotatable bonds is 2. The average molecular weight is 231 g/mol. The minimum Gasteiger partial charge on any atom is -0.332 e. The zero-order valence-electron chi connectivity index (χ0n) is 8.86. The smallest absolute Gasteiger partial charge is 0.187 e. The topological polar surface area (TPSA) is 37.0 Å². The summed E-state index contributed by atoms with van der Waals surface area (Å²) in [5, 5.41) is 7.70. The van der Waals surface area contributed by atoms with Crippen LogP contribution in [0.2, 0.25) is 0 Å². The number of aromatic nitrogens is 1. The van der Waals surface area contributed by atoms with Gasteiger partial charge in [0.2, 0.25) is 0 Å². The molecule has 4 heteroatoms. The summed E-state index contributed by atoms with van der Waals surface area (Å²) < 4.78 is 0. The molecule has 1 aromatic heterocycles. The second kappa shape index (κ2) is 4.23. The van der Waals surface area contributed by atoms with E-state index >= 15 is 0 Å². The van der Waals surface area contributed by atoms with Gasteiger partial charge in [-0.25, -0.2) is 4.98 Å². The molecule has 0 unspecified atom stereocenters. The Morgan fingerprint density at radius 3 is 2.94 bits per heavy atom. The molecule has 1 aliphatic heterocycles. The molecule has 82 valence electrons. The molecule has 3 rings (SSSR count). The van der Waals surface area contributed by atoms with Crippen molar-refractivity contribution in [2.24, 2.45) is 0 Å². The van der Waals surface area contributed by atoms with E-state index in [0.717, 1.165) is 30.3 Å². The van der Waals surface area contributed by atoms with E-state index in [1.807, 2.05) is 18.2 Å². The summed E-state index contributed by atoms with van der Waals surface area (Å²) >= 11 is 1.75. The minimum atomic E-state index is 0.962. The molecule has 0 amide bonds. The highest BCUT2D eigenvalue weighted by Gasteiger charge is 2.14. The van der Waals surface area contributed by atoms with Crippen LogP contribution in [0, 0.1) is 0 Å². The van der Waals surface area contributed by atoms with Gasteiger partial charge in [-0.2, -0.15) is 0 Å². The molecule has 0 aliphatic carbocycles. The van der Waals surface area contributed by atoms with E-state index in [1.54, 1.807) is 11.3 Å². The van der Waals surface area contributed by atoms with Crippen molar-refractivity contribution in [1.29, 1.82) is 0 Å². The van der Waals surface area contributed by atoms with E-state index in [9.17, 15) is 0 Å². The molecule has 1 aromatic carbocycles. The summed E-state index contributed by atoms with van der Waals surface area (Å²) in [6.07, 6.45) is 1.04. The lowest BCUT2D eigenvalue weighted by molar-refractivity contribution is 0.644. The highest BCUT2D eigenvalue weighted by Crippen LogP contribution is 2.27. The Balaban J connectivity index is 1.83. The van der Waals surface area contributed by atoms with Crippen LogP contribution in [0.1, 0.15) is 10.6 Å². The van der Waals surface area contributed by atoms with Gasteiger partial charge in [-0.1, -0.05) is 18.2 Å². The van der Waals surface area contributed by atoms with E-state index < -0.39 is 0 Å². The Labute approximate surface area is 98.5 Å². The predicted molar refractivity (Wildman–Crippen MR) is 67.2 cm³/mol. The number of nitrogens with zero attached hydrogens (tertiary/aromatic N) is 1. The van der Waals surface area contributed by atoms with Gasteiger partial charge in [-0.05, 0) is 12.1 Å². The summed E-state index contributed by atoms with van der Waals surface area (Å²) in [7, 11) is 0. The Kier molecular flexibility index (Phi) is 2.60. The zero-order chi connectivity index (χ0) is 10.8. The number of thiazole rings is 1. The lowest BCUT2D eigenvalue weighted by atomic mass is 10.2. The first-order valence-corrected chi connectivity index (χ1v) is 6.25. The maximum absolute atomic E-state index is 4.61. The zero-order valence-corrected chi connectivity index (χ0v) is 9.68.